The van der Waals surface area contributed by atoms with Gasteiger partial charge >= 0.3 is 17.8 Å². The third-order valence-corrected chi connectivity index (χ3v) is 4.27. The Balaban J connectivity index is 2.56. The predicted octanol–water partition coefficient (Wildman–Crippen LogP) is 1.83. The highest BCUT2D eigenvalue weighted by Crippen LogP contribution is 2.27. The molecule has 1 heterocycles. The van der Waals surface area contributed by atoms with Crippen LogP contribution >= 0.6 is 11.6 Å². The zero-order valence-corrected chi connectivity index (χ0v) is 16.5. The van der Waals surface area contributed by atoms with E-state index in [0.29, 0.717) is 0 Å². The predicted molar refractivity (Wildman–Crippen MR) is 99.5 cm³/mol. The quantitative estimate of drug-likeness (QED) is 0.324. The smallest absolute Gasteiger partial charge is 0.431 e. The summed E-state index contributed by atoms with van der Waals surface area (Å²) >= 11 is 5.92. The van der Waals surface area contributed by atoms with Crippen molar-refractivity contribution in [1.29, 1.82) is 0 Å². The molecule has 1 N–H and O–H groups in total. The summed E-state index contributed by atoms with van der Waals surface area (Å²) < 4.78 is 58.2. The summed E-state index contributed by atoms with van der Waals surface area (Å²) in [7, 11) is 1.98. The van der Waals surface area contributed by atoms with E-state index in [2.05, 4.69) is 15.3 Å². The second kappa shape index (κ2) is 8.69. The van der Waals surface area contributed by atoms with Crippen molar-refractivity contribution in [3.05, 3.63) is 61.1 Å². The Morgan fingerprint density at radius 2 is 1.93 bits per heavy atom. The monoisotopic (exact) mass is 450 g/mol. The van der Waals surface area contributed by atoms with Crippen LogP contribution in [0.5, 0.6) is 0 Å². The number of carbonyl (C=O) groups excluding carboxylic acids is 1. The number of nitrogens with zero attached hydrogens (tertiary/aromatic N) is 3. The molecule has 0 amide bonds. The summed E-state index contributed by atoms with van der Waals surface area (Å²) in [6, 6.07) is 1.09. The van der Waals surface area contributed by atoms with Crippen molar-refractivity contribution in [2.24, 2.45) is 12.1 Å². The first-order chi connectivity index (χ1) is 13.9. The Labute approximate surface area is 171 Å². The number of nitrogens with one attached hydrogen (secondary N) is 1. The Kier molecular flexibility index (Phi) is 6.70. The van der Waals surface area contributed by atoms with Crippen molar-refractivity contribution in [2.45, 2.75) is 19.1 Å². The maximum absolute atomic E-state index is 14.4. The molecule has 1 aromatic heterocycles. The topological polar surface area (TPSA) is 94.7 Å². The normalized spacial score (nSPS) is 12.8. The van der Waals surface area contributed by atoms with Gasteiger partial charge in [0.05, 0.1) is 24.0 Å². The molecule has 0 spiro atoms. The molecule has 0 bridgehead atoms. The molecule has 30 heavy (non-hydrogen) atoms. The number of hydrazone groups is 1. The number of halogens is 5. The first-order valence-corrected chi connectivity index (χ1v) is 8.52. The van der Waals surface area contributed by atoms with E-state index in [1.165, 1.54) is 14.0 Å². The van der Waals surface area contributed by atoms with Gasteiger partial charge < -0.3 is 4.74 Å². The van der Waals surface area contributed by atoms with Gasteiger partial charge in [0.25, 0.3) is 5.56 Å². The summed E-state index contributed by atoms with van der Waals surface area (Å²) in [5, 5.41) is 3.58. The number of esters is 1. The van der Waals surface area contributed by atoms with Gasteiger partial charge in [0.2, 0.25) is 0 Å². The van der Waals surface area contributed by atoms with Gasteiger partial charge in [-0.15, -0.1) is 0 Å². The van der Waals surface area contributed by atoms with E-state index in [1.54, 1.807) is 0 Å². The molecule has 13 heteroatoms. The van der Waals surface area contributed by atoms with Crippen molar-refractivity contribution in [1.82, 2.24) is 14.6 Å². The lowest BCUT2D eigenvalue weighted by Gasteiger charge is -2.15. The number of alkyl halides is 3. The van der Waals surface area contributed by atoms with Crippen LogP contribution in [0, 0.1) is 5.82 Å². The van der Waals surface area contributed by atoms with E-state index in [0.717, 1.165) is 25.4 Å². The SMILES string of the molecule is COC(=O)C(C)N/N=C/c1cc(-n2c(=O)cc(C(F)(F)F)n(C)c2=O)c(F)cc1Cl. The molecule has 0 aliphatic rings. The van der Waals surface area contributed by atoms with Crippen LogP contribution in [0.4, 0.5) is 17.6 Å². The highest BCUT2D eigenvalue weighted by molar-refractivity contribution is 6.33. The highest BCUT2D eigenvalue weighted by atomic mass is 35.5. The van der Waals surface area contributed by atoms with Crippen LogP contribution in [-0.4, -0.2) is 34.5 Å². The lowest BCUT2D eigenvalue weighted by molar-refractivity contribution is -0.144. The summed E-state index contributed by atoms with van der Waals surface area (Å²) in [4.78, 5) is 35.8. The average Bonchev–Trinajstić information content (AvgIpc) is 2.65. The maximum Gasteiger partial charge on any atom is 0.431 e. The second-order valence-corrected chi connectivity index (χ2v) is 6.41. The van der Waals surface area contributed by atoms with E-state index < -0.39 is 46.6 Å². The molecule has 0 radical (unpaired) electrons. The van der Waals surface area contributed by atoms with Crippen LogP contribution in [0.2, 0.25) is 5.02 Å². The van der Waals surface area contributed by atoms with Crippen LogP contribution in [0.1, 0.15) is 18.2 Å². The second-order valence-electron chi connectivity index (χ2n) is 6.00. The molecule has 2 aromatic rings. The Morgan fingerprint density at radius 1 is 1.30 bits per heavy atom. The van der Waals surface area contributed by atoms with Gasteiger partial charge in [-0.05, 0) is 19.1 Å². The van der Waals surface area contributed by atoms with E-state index in [-0.39, 0.29) is 25.8 Å². The number of hydrogen-bond donors (Lipinski definition) is 1. The fourth-order valence-corrected chi connectivity index (χ4v) is 2.59. The molecule has 1 aromatic carbocycles. The number of methoxy groups -OCH3 is 1. The molecule has 162 valence electrons. The van der Waals surface area contributed by atoms with Crippen molar-refractivity contribution in [2.75, 3.05) is 7.11 Å². The van der Waals surface area contributed by atoms with Gasteiger partial charge in [0.15, 0.2) is 0 Å². The van der Waals surface area contributed by atoms with Gasteiger partial charge in [-0.3, -0.25) is 14.8 Å². The first kappa shape index (κ1) is 23.1. The van der Waals surface area contributed by atoms with E-state index in [4.69, 9.17) is 11.6 Å². The van der Waals surface area contributed by atoms with Gasteiger partial charge in [-0.25, -0.2) is 18.5 Å². The van der Waals surface area contributed by atoms with Crippen molar-refractivity contribution in [3.8, 4) is 5.69 Å². The number of benzene rings is 1. The fraction of sp³-hybridized carbons (Fsp3) is 0.294. The van der Waals surface area contributed by atoms with E-state index >= 15 is 0 Å². The third-order valence-electron chi connectivity index (χ3n) is 3.94. The van der Waals surface area contributed by atoms with Crippen LogP contribution in [-0.2, 0) is 22.8 Å². The Morgan fingerprint density at radius 3 is 2.50 bits per heavy atom. The number of carbonyl (C=O) groups is 1. The number of hydrogen-bond acceptors (Lipinski definition) is 6. The molecule has 2 rings (SSSR count). The standard InChI is InChI=1S/C17H15ClF4N4O4/c1-8(15(28)30-3)24-23-7-9-4-12(11(19)5-10(9)18)26-14(27)6-13(17(20,21)22)25(2)16(26)29/h4-8,24H,1-3H3/b23-7+. The van der Waals surface area contributed by atoms with Gasteiger partial charge in [-0.1, -0.05) is 11.6 Å². The molecule has 0 aliphatic heterocycles. The fourth-order valence-electron chi connectivity index (χ4n) is 2.39. The molecule has 0 fully saturated rings. The minimum absolute atomic E-state index is 0.0199. The zero-order valence-electron chi connectivity index (χ0n) is 15.8. The number of ether oxygens (including phenoxy) is 1. The van der Waals surface area contributed by atoms with Crippen LogP contribution in [0.15, 0.2) is 32.9 Å². The molecule has 1 atom stereocenters. The molecular weight excluding hydrogens is 436 g/mol. The van der Waals surface area contributed by atoms with Crippen molar-refractivity contribution in [3.63, 3.8) is 0 Å². The average molecular weight is 451 g/mol. The Bertz CT molecular complexity index is 1120. The van der Waals surface area contributed by atoms with Gasteiger partial charge in [-0.2, -0.15) is 18.3 Å². The van der Waals surface area contributed by atoms with E-state index in [9.17, 15) is 31.9 Å². The molecule has 0 saturated carbocycles. The molecule has 0 aliphatic carbocycles. The molecule has 8 nitrogen and oxygen atoms in total. The minimum atomic E-state index is -4.95. The third kappa shape index (κ3) is 4.70. The molecule has 0 saturated heterocycles. The van der Waals surface area contributed by atoms with Crippen molar-refractivity contribution >= 4 is 23.8 Å². The lowest BCUT2D eigenvalue weighted by atomic mass is 10.2. The molecular formula is C17H15ClF4N4O4. The summed E-state index contributed by atoms with van der Waals surface area (Å²) in [6.07, 6.45) is -3.88. The number of aromatic nitrogens is 2. The largest absolute Gasteiger partial charge is 0.467 e. The zero-order chi connectivity index (χ0) is 22.8. The van der Waals surface area contributed by atoms with Crippen LogP contribution in [0.3, 0.4) is 0 Å². The Hall–Kier alpha value is -3.15. The summed E-state index contributed by atoms with van der Waals surface area (Å²) in [6.45, 7) is 1.45. The molecule has 1 unspecified atom stereocenters. The van der Waals surface area contributed by atoms with Crippen LogP contribution < -0.4 is 16.7 Å². The van der Waals surface area contributed by atoms with Crippen molar-refractivity contribution < 1.29 is 27.1 Å². The van der Waals surface area contributed by atoms with E-state index in [1.807, 2.05) is 0 Å². The number of rotatable bonds is 5. The summed E-state index contributed by atoms with van der Waals surface area (Å²) in [5.74, 6) is -1.73. The van der Waals surface area contributed by atoms with Gasteiger partial charge in [0, 0.05) is 18.7 Å². The first-order valence-electron chi connectivity index (χ1n) is 8.14. The van der Waals surface area contributed by atoms with Gasteiger partial charge in [0.1, 0.15) is 17.6 Å². The lowest BCUT2D eigenvalue weighted by Crippen LogP contribution is -2.41. The minimum Gasteiger partial charge on any atom is -0.467 e. The maximum atomic E-state index is 14.4. The highest BCUT2D eigenvalue weighted by Gasteiger charge is 2.35. The van der Waals surface area contributed by atoms with Crippen LogP contribution in [0.25, 0.3) is 5.69 Å². The summed E-state index contributed by atoms with van der Waals surface area (Å²) in [5.41, 5.74) is -2.45.